The van der Waals surface area contributed by atoms with Gasteiger partial charge in [-0.1, -0.05) is 49.7 Å². The van der Waals surface area contributed by atoms with Crippen LogP contribution in [0.15, 0.2) is 72.8 Å². The van der Waals surface area contributed by atoms with Crippen molar-refractivity contribution >= 4 is 5.97 Å². The summed E-state index contributed by atoms with van der Waals surface area (Å²) < 4.78 is 23.0. The second kappa shape index (κ2) is 10.2. The molecule has 0 aliphatic rings. The third kappa shape index (κ3) is 5.29. The van der Waals surface area contributed by atoms with E-state index in [2.05, 4.69) is 0 Å². The molecule has 0 saturated carbocycles. The number of unbranched alkanes of at least 4 members (excludes halogenated alkanes) is 1. The first-order valence-electron chi connectivity index (χ1n) is 9.56. The van der Waals surface area contributed by atoms with Crippen molar-refractivity contribution in [2.45, 2.75) is 19.8 Å². The van der Waals surface area contributed by atoms with Crippen LogP contribution in [0.5, 0.6) is 28.7 Å². The molecule has 5 heteroatoms. The Bertz CT molecular complexity index is 923. The van der Waals surface area contributed by atoms with Crippen molar-refractivity contribution in [3.8, 4) is 28.7 Å². The van der Waals surface area contributed by atoms with Crippen LogP contribution in [-0.4, -0.2) is 19.7 Å². The molecule has 0 radical (unpaired) electrons. The Morgan fingerprint density at radius 2 is 1.41 bits per heavy atom. The maximum absolute atomic E-state index is 12.6. The number of carbonyl (C=O) groups excluding carboxylic acids is 1. The van der Waals surface area contributed by atoms with Gasteiger partial charge in [0.1, 0.15) is 17.1 Å². The summed E-state index contributed by atoms with van der Waals surface area (Å²) in [5, 5.41) is 0. The minimum absolute atomic E-state index is 0.267. The van der Waals surface area contributed by atoms with Gasteiger partial charge in [0.15, 0.2) is 11.5 Å². The van der Waals surface area contributed by atoms with E-state index in [1.807, 2.05) is 67.6 Å². The van der Waals surface area contributed by atoms with E-state index in [4.69, 9.17) is 18.9 Å². The van der Waals surface area contributed by atoms with E-state index >= 15 is 0 Å². The highest BCUT2D eigenvalue weighted by atomic mass is 16.5. The lowest BCUT2D eigenvalue weighted by molar-refractivity contribution is 0.0495. The number of hydrogen-bond acceptors (Lipinski definition) is 5. The molecule has 0 atom stereocenters. The number of hydrogen-bond donors (Lipinski definition) is 0. The molecule has 0 amide bonds. The topological polar surface area (TPSA) is 54.0 Å². The molecule has 3 aromatic rings. The second-order valence-electron chi connectivity index (χ2n) is 6.29. The molecule has 0 heterocycles. The number of carbonyl (C=O) groups is 1. The zero-order chi connectivity index (χ0) is 20.5. The molecule has 29 heavy (non-hydrogen) atoms. The van der Waals surface area contributed by atoms with Gasteiger partial charge in [0.25, 0.3) is 0 Å². The highest BCUT2D eigenvalue weighted by Gasteiger charge is 2.23. The molecule has 0 unspecified atom stereocenters. The highest BCUT2D eigenvalue weighted by molar-refractivity contribution is 5.94. The minimum atomic E-state index is -0.459. The summed E-state index contributed by atoms with van der Waals surface area (Å²) in [4.78, 5) is 12.6. The first-order chi connectivity index (χ1) is 14.2. The predicted octanol–water partition coefficient (Wildman–Crippen LogP) is 6.24. The SMILES string of the molecule is CCCCOC(=O)c1ccc(Oc2ccccc2)c(Oc2ccccc2)c1OC. The van der Waals surface area contributed by atoms with Crippen molar-refractivity contribution < 1.29 is 23.7 Å². The summed E-state index contributed by atoms with van der Waals surface area (Å²) in [6.07, 6.45) is 1.74. The molecule has 0 saturated heterocycles. The van der Waals surface area contributed by atoms with Crippen LogP contribution < -0.4 is 14.2 Å². The molecule has 0 spiro atoms. The van der Waals surface area contributed by atoms with Crippen molar-refractivity contribution in [1.82, 2.24) is 0 Å². The summed E-state index contributed by atoms with van der Waals surface area (Å²) >= 11 is 0. The summed E-state index contributed by atoms with van der Waals surface area (Å²) in [5.41, 5.74) is 0.287. The normalized spacial score (nSPS) is 10.3. The number of benzene rings is 3. The zero-order valence-electron chi connectivity index (χ0n) is 16.6. The number of esters is 1. The number of ether oxygens (including phenoxy) is 4. The summed E-state index contributed by atoms with van der Waals surface area (Å²) in [7, 11) is 1.49. The van der Waals surface area contributed by atoms with E-state index in [1.54, 1.807) is 12.1 Å². The molecular weight excluding hydrogens is 368 g/mol. The first kappa shape index (κ1) is 20.3. The molecule has 0 aliphatic heterocycles. The van der Waals surface area contributed by atoms with E-state index in [0.29, 0.717) is 29.6 Å². The van der Waals surface area contributed by atoms with E-state index in [1.165, 1.54) is 7.11 Å². The molecule has 150 valence electrons. The molecule has 3 rings (SSSR count). The van der Waals surface area contributed by atoms with Crippen LogP contribution >= 0.6 is 0 Å². The van der Waals surface area contributed by atoms with Gasteiger partial charge in [0, 0.05) is 0 Å². The summed E-state index contributed by atoms with van der Waals surface area (Å²) in [5.74, 6) is 1.80. The molecule has 0 aliphatic carbocycles. The fourth-order valence-electron chi connectivity index (χ4n) is 2.69. The number of rotatable bonds is 9. The first-order valence-corrected chi connectivity index (χ1v) is 9.56. The molecule has 0 aromatic heterocycles. The van der Waals surface area contributed by atoms with E-state index in [9.17, 15) is 4.79 Å². The van der Waals surface area contributed by atoms with Crippen molar-refractivity contribution in [3.63, 3.8) is 0 Å². The van der Waals surface area contributed by atoms with Gasteiger partial charge in [-0.3, -0.25) is 0 Å². The van der Waals surface area contributed by atoms with Gasteiger partial charge in [-0.25, -0.2) is 4.79 Å². The largest absolute Gasteiger partial charge is 0.492 e. The number of para-hydroxylation sites is 2. The minimum Gasteiger partial charge on any atom is -0.492 e. The van der Waals surface area contributed by atoms with Crippen LogP contribution in [0.25, 0.3) is 0 Å². The van der Waals surface area contributed by atoms with E-state index < -0.39 is 5.97 Å². The quantitative estimate of drug-likeness (QED) is 0.319. The summed E-state index contributed by atoms with van der Waals surface area (Å²) in [6.45, 7) is 2.39. The van der Waals surface area contributed by atoms with Crippen LogP contribution in [-0.2, 0) is 4.74 Å². The Kier molecular flexibility index (Phi) is 7.11. The van der Waals surface area contributed by atoms with Crippen LogP contribution in [0.1, 0.15) is 30.1 Å². The van der Waals surface area contributed by atoms with Gasteiger partial charge in [-0.15, -0.1) is 0 Å². The maximum atomic E-state index is 12.6. The lowest BCUT2D eigenvalue weighted by Crippen LogP contribution is -2.09. The highest BCUT2D eigenvalue weighted by Crippen LogP contribution is 2.44. The van der Waals surface area contributed by atoms with Gasteiger partial charge in [0.05, 0.1) is 13.7 Å². The zero-order valence-corrected chi connectivity index (χ0v) is 16.6. The van der Waals surface area contributed by atoms with Gasteiger partial charge in [-0.2, -0.15) is 0 Å². The monoisotopic (exact) mass is 392 g/mol. The van der Waals surface area contributed by atoms with Gasteiger partial charge in [0.2, 0.25) is 5.75 Å². The van der Waals surface area contributed by atoms with Gasteiger partial charge >= 0.3 is 5.97 Å². The Morgan fingerprint density at radius 3 is 2.00 bits per heavy atom. The molecule has 0 N–H and O–H groups in total. The third-order valence-corrected chi connectivity index (χ3v) is 4.17. The van der Waals surface area contributed by atoms with Crippen LogP contribution in [0.2, 0.25) is 0 Å². The average Bonchev–Trinajstić information content (AvgIpc) is 2.76. The van der Waals surface area contributed by atoms with Crippen LogP contribution in [0.3, 0.4) is 0 Å². The number of methoxy groups -OCH3 is 1. The lowest BCUT2D eigenvalue weighted by atomic mass is 10.1. The maximum Gasteiger partial charge on any atom is 0.342 e. The molecule has 0 fully saturated rings. The molecule has 0 bridgehead atoms. The predicted molar refractivity (Wildman–Crippen MR) is 111 cm³/mol. The Labute approximate surface area is 170 Å². The van der Waals surface area contributed by atoms with Crippen molar-refractivity contribution in [3.05, 3.63) is 78.4 Å². The smallest absolute Gasteiger partial charge is 0.342 e. The molecular formula is C24H24O5. The standard InChI is InChI=1S/C24H24O5/c1-3-4-17-27-24(25)20-15-16-21(28-18-11-7-5-8-12-18)23(22(20)26-2)29-19-13-9-6-10-14-19/h5-16H,3-4,17H2,1-2H3. The van der Waals surface area contributed by atoms with Crippen LogP contribution in [0.4, 0.5) is 0 Å². The van der Waals surface area contributed by atoms with Gasteiger partial charge in [-0.05, 0) is 42.8 Å². The van der Waals surface area contributed by atoms with E-state index in [-0.39, 0.29) is 11.3 Å². The fourth-order valence-corrected chi connectivity index (χ4v) is 2.69. The second-order valence-corrected chi connectivity index (χ2v) is 6.29. The van der Waals surface area contributed by atoms with Gasteiger partial charge < -0.3 is 18.9 Å². The van der Waals surface area contributed by atoms with E-state index in [0.717, 1.165) is 12.8 Å². The van der Waals surface area contributed by atoms with Crippen molar-refractivity contribution in [1.29, 1.82) is 0 Å². The van der Waals surface area contributed by atoms with Crippen LogP contribution in [0, 0.1) is 0 Å². The Balaban J connectivity index is 2.00. The average molecular weight is 392 g/mol. The fraction of sp³-hybridized carbons (Fsp3) is 0.208. The summed E-state index contributed by atoms with van der Waals surface area (Å²) in [6, 6.07) is 21.9. The Morgan fingerprint density at radius 1 is 0.793 bits per heavy atom. The Hall–Kier alpha value is -3.47. The third-order valence-electron chi connectivity index (χ3n) is 4.17. The molecule has 3 aromatic carbocycles. The molecule has 5 nitrogen and oxygen atoms in total. The van der Waals surface area contributed by atoms with Crippen molar-refractivity contribution in [2.75, 3.05) is 13.7 Å². The van der Waals surface area contributed by atoms with Crippen molar-refractivity contribution in [2.24, 2.45) is 0 Å². The lowest BCUT2D eigenvalue weighted by Gasteiger charge is -2.18.